The molecule has 0 fully saturated rings. The minimum atomic E-state index is -0.271. The van der Waals surface area contributed by atoms with Crippen molar-refractivity contribution >= 4 is 22.6 Å². The number of benzene rings is 2. The fourth-order valence-electron chi connectivity index (χ4n) is 3.17. The fraction of sp³-hybridized carbons (Fsp3) is 0.478. The van der Waals surface area contributed by atoms with E-state index in [1.165, 1.54) is 0 Å². The van der Waals surface area contributed by atoms with Crippen LogP contribution >= 0.6 is 0 Å². The van der Waals surface area contributed by atoms with Crippen LogP contribution in [-0.4, -0.2) is 24.6 Å². The number of carbonyl (C=O) groups excluding carboxylic acids is 2. The summed E-state index contributed by atoms with van der Waals surface area (Å²) in [6, 6.07) is 12.4. The Morgan fingerprint density at radius 2 is 1.89 bits per heavy atom. The number of aryl methyl sites for hydroxylation is 1. The molecular weight excluding hydrogens is 354 g/mol. The van der Waals surface area contributed by atoms with E-state index < -0.39 is 0 Å². The summed E-state index contributed by atoms with van der Waals surface area (Å²) in [5.41, 5.74) is 7.46. The van der Waals surface area contributed by atoms with E-state index >= 15 is 0 Å². The first kappa shape index (κ1) is 21.9. The monoisotopic (exact) mass is 385 g/mol. The van der Waals surface area contributed by atoms with Gasteiger partial charge >= 0.3 is 5.97 Å². The Labute approximate surface area is 167 Å². The van der Waals surface area contributed by atoms with Gasteiger partial charge in [0.25, 0.3) is 0 Å². The summed E-state index contributed by atoms with van der Waals surface area (Å²) in [4.78, 5) is 22.6. The van der Waals surface area contributed by atoms with Gasteiger partial charge in [0.2, 0.25) is 5.91 Å². The summed E-state index contributed by atoms with van der Waals surface area (Å²) < 4.78 is 11.0. The number of hydrogen-bond acceptors (Lipinski definition) is 4. The van der Waals surface area contributed by atoms with Crippen LogP contribution in [0.3, 0.4) is 0 Å². The zero-order chi connectivity index (χ0) is 20.5. The Morgan fingerprint density at radius 1 is 1.11 bits per heavy atom. The van der Waals surface area contributed by atoms with Crippen molar-refractivity contribution in [3.05, 3.63) is 47.5 Å². The number of nitrogens with two attached hydrogens (primary N) is 1. The number of primary amides is 1. The second-order valence-electron chi connectivity index (χ2n) is 7.28. The molecule has 0 bridgehead atoms. The van der Waals surface area contributed by atoms with E-state index in [1.54, 1.807) is 0 Å². The van der Waals surface area contributed by atoms with Crippen LogP contribution in [0.1, 0.15) is 51.2 Å². The highest BCUT2D eigenvalue weighted by atomic mass is 16.5. The standard InChI is InChI=1S/C23H31NO4/c1-4-27-23(26)13-10-19-6-5-7-20-14-18(9-11-21(19)20)15-28-17(3)16(2)8-12-22(24)25/h5-7,9,11,14,16-17H,4,8,10,12-13,15H2,1-3H3,(H2,24,25)/t16-,17+/m0/s1. The van der Waals surface area contributed by atoms with Crippen molar-refractivity contribution in [2.75, 3.05) is 6.61 Å². The molecule has 0 heterocycles. The van der Waals surface area contributed by atoms with Gasteiger partial charge in [-0.05, 0) is 60.6 Å². The Morgan fingerprint density at radius 3 is 2.61 bits per heavy atom. The zero-order valence-corrected chi connectivity index (χ0v) is 17.1. The van der Waals surface area contributed by atoms with E-state index in [0.717, 1.165) is 28.3 Å². The Kier molecular flexibility index (Phi) is 8.45. The van der Waals surface area contributed by atoms with Crippen molar-refractivity contribution in [1.29, 1.82) is 0 Å². The van der Waals surface area contributed by atoms with Gasteiger partial charge in [0, 0.05) is 12.8 Å². The average molecular weight is 386 g/mol. The predicted octanol–water partition coefficient (Wildman–Crippen LogP) is 4.14. The van der Waals surface area contributed by atoms with E-state index in [4.69, 9.17) is 15.2 Å². The van der Waals surface area contributed by atoms with E-state index in [1.807, 2.05) is 19.9 Å². The maximum absolute atomic E-state index is 11.6. The highest BCUT2D eigenvalue weighted by Gasteiger charge is 2.14. The number of ether oxygens (including phenoxy) is 2. The topological polar surface area (TPSA) is 78.6 Å². The molecule has 0 aliphatic carbocycles. The molecule has 152 valence electrons. The van der Waals surface area contributed by atoms with Crippen LogP contribution in [0.15, 0.2) is 36.4 Å². The molecule has 2 N–H and O–H groups in total. The van der Waals surface area contributed by atoms with Gasteiger partial charge in [0.1, 0.15) is 0 Å². The van der Waals surface area contributed by atoms with Crippen molar-refractivity contribution in [2.45, 2.75) is 59.2 Å². The summed E-state index contributed by atoms with van der Waals surface area (Å²) in [6.45, 7) is 6.85. The largest absolute Gasteiger partial charge is 0.466 e. The first-order valence-electron chi connectivity index (χ1n) is 9.96. The lowest BCUT2D eigenvalue weighted by Gasteiger charge is -2.20. The van der Waals surface area contributed by atoms with Gasteiger partial charge in [-0.1, -0.05) is 37.3 Å². The molecule has 0 aliphatic rings. The minimum Gasteiger partial charge on any atom is -0.466 e. The average Bonchev–Trinajstić information content (AvgIpc) is 2.68. The predicted molar refractivity (Wildman–Crippen MR) is 111 cm³/mol. The van der Waals surface area contributed by atoms with Crippen molar-refractivity contribution in [3.63, 3.8) is 0 Å². The summed E-state index contributed by atoms with van der Waals surface area (Å²) in [5, 5.41) is 2.29. The van der Waals surface area contributed by atoms with E-state index in [-0.39, 0.29) is 23.9 Å². The van der Waals surface area contributed by atoms with Crippen LogP contribution in [0.25, 0.3) is 10.8 Å². The van der Waals surface area contributed by atoms with E-state index in [2.05, 4.69) is 37.3 Å². The number of rotatable bonds is 11. The molecule has 2 aromatic carbocycles. The molecule has 28 heavy (non-hydrogen) atoms. The number of hydrogen-bond donors (Lipinski definition) is 1. The van der Waals surface area contributed by atoms with E-state index in [0.29, 0.717) is 32.5 Å². The van der Waals surface area contributed by atoms with Gasteiger partial charge in [0.05, 0.1) is 19.3 Å². The second kappa shape index (κ2) is 10.8. The van der Waals surface area contributed by atoms with Crippen LogP contribution < -0.4 is 5.73 Å². The minimum absolute atomic E-state index is 0.0472. The maximum atomic E-state index is 11.6. The number of amides is 1. The first-order chi connectivity index (χ1) is 13.4. The second-order valence-corrected chi connectivity index (χ2v) is 7.28. The molecule has 0 aliphatic heterocycles. The molecule has 5 heteroatoms. The van der Waals surface area contributed by atoms with Crippen LogP contribution in [0.2, 0.25) is 0 Å². The molecule has 0 unspecified atom stereocenters. The molecule has 0 aromatic heterocycles. The van der Waals surface area contributed by atoms with Crippen LogP contribution in [0.5, 0.6) is 0 Å². The molecule has 0 spiro atoms. The lowest BCUT2D eigenvalue weighted by molar-refractivity contribution is -0.143. The van der Waals surface area contributed by atoms with Gasteiger partial charge in [0.15, 0.2) is 0 Å². The third-order valence-electron chi connectivity index (χ3n) is 5.10. The number of esters is 1. The third kappa shape index (κ3) is 6.64. The molecule has 1 amide bonds. The Bertz CT molecular complexity index is 802. The summed E-state index contributed by atoms with van der Waals surface area (Å²) in [7, 11) is 0. The lowest BCUT2D eigenvalue weighted by atomic mass is 9.98. The molecule has 2 atom stereocenters. The van der Waals surface area contributed by atoms with Gasteiger partial charge in [-0.2, -0.15) is 0 Å². The Balaban J connectivity index is 1.98. The van der Waals surface area contributed by atoms with Crippen molar-refractivity contribution in [3.8, 4) is 0 Å². The first-order valence-corrected chi connectivity index (χ1v) is 9.96. The molecule has 2 aromatic rings. The van der Waals surface area contributed by atoms with Crippen molar-refractivity contribution < 1.29 is 19.1 Å². The highest BCUT2D eigenvalue weighted by Crippen LogP contribution is 2.23. The van der Waals surface area contributed by atoms with Gasteiger partial charge < -0.3 is 15.2 Å². The van der Waals surface area contributed by atoms with E-state index in [9.17, 15) is 9.59 Å². The lowest BCUT2D eigenvalue weighted by Crippen LogP contribution is -2.20. The molecule has 2 rings (SSSR count). The van der Waals surface area contributed by atoms with Gasteiger partial charge in [-0.25, -0.2) is 0 Å². The molecular formula is C23H31NO4. The van der Waals surface area contributed by atoms with Crippen molar-refractivity contribution in [1.82, 2.24) is 0 Å². The van der Waals surface area contributed by atoms with Gasteiger partial charge in [-0.15, -0.1) is 0 Å². The smallest absolute Gasteiger partial charge is 0.306 e. The van der Waals surface area contributed by atoms with Crippen LogP contribution in [-0.2, 0) is 32.1 Å². The highest BCUT2D eigenvalue weighted by molar-refractivity contribution is 5.86. The van der Waals surface area contributed by atoms with Crippen LogP contribution in [0, 0.1) is 5.92 Å². The summed E-state index contributed by atoms with van der Waals surface area (Å²) in [5.74, 6) is -0.168. The zero-order valence-electron chi connectivity index (χ0n) is 17.1. The fourth-order valence-corrected chi connectivity index (χ4v) is 3.17. The van der Waals surface area contributed by atoms with Gasteiger partial charge in [-0.3, -0.25) is 9.59 Å². The third-order valence-corrected chi connectivity index (χ3v) is 5.10. The summed E-state index contributed by atoms with van der Waals surface area (Å²) >= 11 is 0. The molecule has 0 radical (unpaired) electrons. The quantitative estimate of drug-likeness (QED) is 0.590. The number of fused-ring (bicyclic) bond motifs is 1. The maximum Gasteiger partial charge on any atom is 0.306 e. The van der Waals surface area contributed by atoms with Crippen LogP contribution in [0.4, 0.5) is 0 Å². The SMILES string of the molecule is CCOC(=O)CCc1cccc2cc(CO[C@H](C)[C@@H](C)CCC(N)=O)ccc12. The Hall–Kier alpha value is -2.40. The molecule has 0 saturated carbocycles. The number of carbonyl (C=O) groups is 2. The summed E-state index contributed by atoms with van der Waals surface area (Å²) in [6.07, 6.45) is 2.22. The normalized spacial score (nSPS) is 13.2. The molecule has 0 saturated heterocycles. The molecule has 5 nitrogen and oxygen atoms in total. The van der Waals surface area contributed by atoms with Crippen molar-refractivity contribution in [2.24, 2.45) is 11.7 Å².